The monoisotopic (exact) mass is 240 g/mol. The first-order valence-corrected chi connectivity index (χ1v) is 7.25. The number of ether oxygens (including phenoxy) is 1. The van der Waals surface area contributed by atoms with Crippen LogP contribution in [-0.2, 0) is 4.74 Å². The average molecular weight is 240 g/mol. The molecular formula is C14H28N2O. The normalized spacial score (nSPS) is 32.1. The highest BCUT2D eigenvalue weighted by Gasteiger charge is 2.21. The van der Waals surface area contributed by atoms with Crippen molar-refractivity contribution in [3.63, 3.8) is 0 Å². The summed E-state index contributed by atoms with van der Waals surface area (Å²) in [5.41, 5.74) is 0. The summed E-state index contributed by atoms with van der Waals surface area (Å²) in [5, 5.41) is 3.54. The Morgan fingerprint density at radius 1 is 1.12 bits per heavy atom. The van der Waals surface area contributed by atoms with Gasteiger partial charge in [-0.1, -0.05) is 13.8 Å². The molecule has 2 unspecified atom stereocenters. The van der Waals surface area contributed by atoms with Gasteiger partial charge in [0.1, 0.15) is 0 Å². The first-order valence-electron chi connectivity index (χ1n) is 7.25. The molecule has 2 aliphatic rings. The maximum Gasteiger partial charge on any atom is 0.0593 e. The highest BCUT2D eigenvalue weighted by Crippen LogP contribution is 2.28. The molecule has 2 fully saturated rings. The van der Waals surface area contributed by atoms with E-state index in [0.717, 1.165) is 50.6 Å². The predicted molar refractivity (Wildman–Crippen MR) is 71.2 cm³/mol. The van der Waals surface area contributed by atoms with Crippen LogP contribution in [0.15, 0.2) is 0 Å². The minimum atomic E-state index is 0.755. The van der Waals surface area contributed by atoms with Gasteiger partial charge >= 0.3 is 0 Å². The van der Waals surface area contributed by atoms with E-state index in [1.165, 1.54) is 25.9 Å². The Balaban J connectivity index is 1.63. The lowest BCUT2D eigenvalue weighted by Crippen LogP contribution is -2.43. The molecule has 0 aromatic heterocycles. The number of hydrogen-bond donors (Lipinski definition) is 1. The summed E-state index contributed by atoms with van der Waals surface area (Å²) in [5.74, 6) is 2.40. The van der Waals surface area contributed by atoms with Crippen LogP contribution in [0.2, 0.25) is 0 Å². The Morgan fingerprint density at radius 3 is 2.35 bits per heavy atom. The van der Waals surface area contributed by atoms with Crippen LogP contribution < -0.4 is 5.32 Å². The maximum absolute atomic E-state index is 5.75. The second-order valence-electron chi connectivity index (χ2n) is 6.15. The molecule has 3 heteroatoms. The van der Waals surface area contributed by atoms with E-state index in [9.17, 15) is 0 Å². The van der Waals surface area contributed by atoms with Gasteiger partial charge in [-0.15, -0.1) is 0 Å². The highest BCUT2D eigenvalue weighted by molar-refractivity contribution is 4.74. The van der Waals surface area contributed by atoms with Crippen molar-refractivity contribution in [3.8, 4) is 0 Å². The fourth-order valence-corrected chi connectivity index (χ4v) is 2.57. The Hall–Kier alpha value is -0.120. The summed E-state index contributed by atoms with van der Waals surface area (Å²) in [6.45, 7) is 12.4. The van der Waals surface area contributed by atoms with Crippen molar-refractivity contribution in [2.75, 3.05) is 45.9 Å². The molecule has 0 spiro atoms. The van der Waals surface area contributed by atoms with Crippen LogP contribution in [0.25, 0.3) is 0 Å². The number of nitrogens with zero attached hydrogens (tertiary/aromatic N) is 1. The number of nitrogens with one attached hydrogen (secondary N) is 1. The van der Waals surface area contributed by atoms with E-state index in [4.69, 9.17) is 4.74 Å². The van der Waals surface area contributed by atoms with Gasteiger partial charge in [-0.25, -0.2) is 0 Å². The van der Waals surface area contributed by atoms with Crippen LogP contribution in [0.5, 0.6) is 0 Å². The zero-order valence-electron chi connectivity index (χ0n) is 11.5. The summed E-state index contributed by atoms with van der Waals surface area (Å²) in [7, 11) is 0. The predicted octanol–water partition coefficient (Wildman–Crippen LogP) is 1.59. The van der Waals surface area contributed by atoms with Crippen LogP contribution in [0.3, 0.4) is 0 Å². The molecule has 0 radical (unpaired) electrons. The largest absolute Gasteiger partial charge is 0.380 e. The second kappa shape index (κ2) is 6.72. The fourth-order valence-electron chi connectivity index (χ4n) is 2.57. The molecule has 1 aliphatic heterocycles. The van der Waals surface area contributed by atoms with E-state index in [1.807, 2.05) is 0 Å². The van der Waals surface area contributed by atoms with Crippen molar-refractivity contribution >= 4 is 0 Å². The van der Waals surface area contributed by atoms with E-state index in [2.05, 4.69) is 24.1 Å². The van der Waals surface area contributed by atoms with Crippen molar-refractivity contribution in [2.24, 2.45) is 17.8 Å². The van der Waals surface area contributed by atoms with Gasteiger partial charge in [0.05, 0.1) is 6.61 Å². The molecule has 0 bridgehead atoms. The molecule has 1 N–H and O–H groups in total. The SMILES string of the molecule is CC1CNCC(C)CN(CCOCC2CC2)C1. The third kappa shape index (κ3) is 5.36. The van der Waals surface area contributed by atoms with Crippen LogP contribution in [0.4, 0.5) is 0 Å². The van der Waals surface area contributed by atoms with Crippen LogP contribution in [-0.4, -0.2) is 50.8 Å². The molecule has 2 atom stereocenters. The third-order valence-electron chi connectivity index (χ3n) is 3.73. The molecular weight excluding hydrogens is 212 g/mol. The van der Waals surface area contributed by atoms with Gasteiger partial charge in [-0.05, 0) is 43.7 Å². The zero-order valence-corrected chi connectivity index (χ0v) is 11.5. The summed E-state index contributed by atoms with van der Waals surface area (Å²) in [4.78, 5) is 2.59. The van der Waals surface area contributed by atoms with Gasteiger partial charge in [0, 0.05) is 26.2 Å². The van der Waals surface area contributed by atoms with Gasteiger partial charge in [-0.2, -0.15) is 0 Å². The summed E-state index contributed by atoms with van der Waals surface area (Å²) in [6, 6.07) is 0. The van der Waals surface area contributed by atoms with Crippen molar-refractivity contribution in [1.82, 2.24) is 10.2 Å². The van der Waals surface area contributed by atoms with Crippen molar-refractivity contribution < 1.29 is 4.74 Å². The van der Waals surface area contributed by atoms with E-state index >= 15 is 0 Å². The molecule has 1 saturated heterocycles. The Morgan fingerprint density at radius 2 is 1.76 bits per heavy atom. The average Bonchev–Trinajstić information content (AvgIpc) is 3.05. The topological polar surface area (TPSA) is 24.5 Å². The summed E-state index contributed by atoms with van der Waals surface area (Å²) >= 11 is 0. The fraction of sp³-hybridized carbons (Fsp3) is 1.00. The van der Waals surface area contributed by atoms with Crippen LogP contribution in [0.1, 0.15) is 26.7 Å². The Kier molecular flexibility index (Phi) is 5.26. The van der Waals surface area contributed by atoms with Gasteiger partial charge in [0.2, 0.25) is 0 Å². The van der Waals surface area contributed by atoms with E-state index in [1.54, 1.807) is 0 Å². The molecule has 2 rings (SSSR count). The lowest BCUT2D eigenvalue weighted by molar-refractivity contribution is 0.0828. The first kappa shape index (κ1) is 13.3. The molecule has 1 aliphatic carbocycles. The molecule has 0 aromatic carbocycles. The highest BCUT2D eigenvalue weighted by atomic mass is 16.5. The van der Waals surface area contributed by atoms with Gasteiger partial charge < -0.3 is 15.0 Å². The molecule has 0 amide bonds. The van der Waals surface area contributed by atoms with Gasteiger partial charge in [0.15, 0.2) is 0 Å². The molecule has 1 heterocycles. The smallest absolute Gasteiger partial charge is 0.0593 e. The van der Waals surface area contributed by atoms with E-state index < -0.39 is 0 Å². The first-order chi connectivity index (χ1) is 8.24. The molecule has 0 aromatic rings. The van der Waals surface area contributed by atoms with E-state index in [-0.39, 0.29) is 0 Å². The zero-order chi connectivity index (χ0) is 12.1. The molecule has 3 nitrogen and oxygen atoms in total. The summed E-state index contributed by atoms with van der Waals surface area (Å²) < 4.78 is 5.75. The number of rotatable bonds is 5. The number of hydrogen-bond acceptors (Lipinski definition) is 3. The minimum Gasteiger partial charge on any atom is -0.380 e. The van der Waals surface area contributed by atoms with Crippen molar-refractivity contribution in [1.29, 1.82) is 0 Å². The lowest BCUT2D eigenvalue weighted by atomic mass is 10.1. The van der Waals surface area contributed by atoms with Crippen molar-refractivity contribution in [2.45, 2.75) is 26.7 Å². The van der Waals surface area contributed by atoms with Gasteiger partial charge in [-0.3, -0.25) is 0 Å². The Bertz CT molecular complexity index is 206. The molecule has 100 valence electrons. The van der Waals surface area contributed by atoms with Crippen molar-refractivity contribution in [3.05, 3.63) is 0 Å². The van der Waals surface area contributed by atoms with Crippen LogP contribution >= 0.6 is 0 Å². The van der Waals surface area contributed by atoms with E-state index in [0.29, 0.717) is 0 Å². The second-order valence-corrected chi connectivity index (χ2v) is 6.15. The molecule has 1 saturated carbocycles. The van der Waals surface area contributed by atoms with Crippen LogP contribution in [0, 0.1) is 17.8 Å². The van der Waals surface area contributed by atoms with Gasteiger partial charge in [0.25, 0.3) is 0 Å². The maximum atomic E-state index is 5.75. The Labute approximate surface area is 106 Å². The molecule has 17 heavy (non-hydrogen) atoms. The quantitative estimate of drug-likeness (QED) is 0.739. The standard InChI is InChI=1S/C14H28N2O/c1-12-7-15-8-13(2)10-16(9-12)5-6-17-11-14-3-4-14/h12-15H,3-11H2,1-2H3. The summed E-state index contributed by atoms with van der Waals surface area (Å²) in [6.07, 6.45) is 2.78. The lowest BCUT2D eigenvalue weighted by Gasteiger charge is -2.31. The third-order valence-corrected chi connectivity index (χ3v) is 3.73. The minimum absolute atomic E-state index is 0.755.